The van der Waals surface area contributed by atoms with Crippen molar-refractivity contribution in [3.63, 3.8) is 0 Å². The number of benzene rings is 8. The van der Waals surface area contributed by atoms with Crippen molar-refractivity contribution in [2.45, 2.75) is 70.6 Å². The minimum absolute atomic E-state index is 0.0185. The summed E-state index contributed by atoms with van der Waals surface area (Å²) in [6, 6.07) is 68.7. The van der Waals surface area contributed by atoms with E-state index in [1.165, 1.54) is 100 Å². The molecule has 0 aromatic heterocycles. The molecule has 0 atom stereocenters. The number of fused-ring (bicyclic) bond motifs is 9. The van der Waals surface area contributed by atoms with Crippen LogP contribution in [0.15, 0.2) is 194 Å². The molecule has 0 spiro atoms. The molecule has 4 aliphatic rings. The molecule has 0 N–H and O–H groups in total. The van der Waals surface area contributed by atoms with Crippen LogP contribution in [0.5, 0.6) is 0 Å². The van der Waals surface area contributed by atoms with E-state index in [-0.39, 0.29) is 16.2 Å². The van der Waals surface area contributed by atoms with Crippen LogP contribution in [0.1, 0.15) is 93.3 Å². The molecule has 0 aliphatic heterocycles. The summed E-state index contributed by atoms with van der Waals surface area (Å²) >= 11 is 0. The first-order valence-corrected chi connectivity index (χ1v) is 23.1. The molecular formula is C63H53N. The van der Waals surface area contributed by atoms with Crippen LogP contribution in [0.2, 0.25) is 0 Å². The maximum atomic E-state index is 2.50. The Kier molecular flexibility index (Phi) is 8.48. The van der Waals surface area contributed by atoms with E-state index >= 15 is 0 Å². The topological polar surface area (TPSA) is 3.24 Å². The second-order valence-electron chi connectivity index (χ2n) is 20.0. The van der Waals surface area contributed by atoms with E-state index in [0.717, 1.165) is 29.9 Å². The fourth-order valence-corrected chi connectivity index (χ4v) is 12.1. The van der Waals surface area contributed by atoms with Crippen molar-refractivity contribution in [1.29, 1.82) is 0 Å². The van der Waals surface area contributed by atoms with E-state index in [2.05, 4.69) is 235 Å². The maximum Gasteiger partial charge on any atom is 0.0467 e. The number of hydrogen-bond acceptors (Lipinski definition) is 1. The fraction of sp³-hybridized carbons (Fsp3) is 0.175. The van der Waals surface area contributed by atoms with Gasteiger partial charge in [0, 0.05) is 33.3 Å². The highest BCUT2D eigenvalue weighted by Crippen LogP contribution is 2.56. The Morgan fingerprint density at radius 3 is 1.62 bits per heavy atom. The third kappa shape index (κ3) is 5.63. The van der Waals surface area contributed by atoms with Gasteiger partial charge in [0.15, 0.2) is 0 Å². The molecule has 0 heterocycles. The molecular weight excluding hydrogens is 771 g/mol. The Balaban J connectivity index is 0.996. The summed E-state index contributed by atoms with van der Waals surface area (Å²) in [5.74, 6) is 0. The first-order chi connectivity index (χ1) is 31.0. The molecule has 0 unspecified atom stereocenters. The van der Waals surface area contributed by atoms with Crippen molar-refractivity contribution >= 4 is 28.2 Å². The zero-order valence-electron chi connectivity index (χ0n) is 37.8. The third-order valence-corrected chi connectivity index (χ3v) is 15.4. The summed E-state index contributed by atoms with van der Waals surface area (Å²) in [5, 5.41) is 0. The number of nitrogens with zero attached hydrogens (tertiary/aromatic N) is 1. The maximum absolute atomic E-state index is 2.50. The molecule has 0 amide bonds. The van der Waals surface area contributed by atoms with Crippen LogP contribution in [-0.2, 0) is 16.2 Å². The number of rotatable bonds is 6. The van der Waals surface area contributed by atoms with Gasteiger partial charge >= 0.3 is 0 Å². The molecule has 8 aromatic rings. The second kappa shape index (κ2) is 14.0. The quantitative estimate of drug-likeness (QED) is 0.161. The Hall–Kier alpha value is -6.96. The standard InChI is InChI=1S/C63H53N/c1-61(2)54-27-11-8-22-51(54)59-47(24-15-29-56(59)61)42-17-13-19-45(37-42)64(44-34-31-40(32-35-44)41-33-36-50-49-21-7-10-26-53(49)63(5,6)58(50)39-41)46-20-14-18-43(38-46)48-25-16-30-57-60(48)52-23-9-12-28-55(52)62(57,3)4/h7-15,17-24,26-39H,16,25H2,1-6H3. The van der Waals surface area contributed by atoms with Gasteiger partial charge in [-0.3, -0.25) is 0 Å². The molecule has 1 heteroatoms. The Morgan fingerprint density at radius 2 is 0.891 bits per heavy atom. The van der Waals surface area contributed by atoms with Gasteiger partial charge in [-0.15, -0.1) is 0 Å². The molecule has 1 nitrogen and oxygen atoms in total. The zero-order valence-corrected chi connectivity index (χ0v) is 37.8. The van der Waals surface area contributed by atoms with Crippen molar-refractivity contribution in [2.75, 3.05) is 4.90 Å². The van der Waals surface area contributed by atoms with Crippen molar-refractivity contribution < 1.29 is 0 Å². The van der Waals surface area contributed by atoms with Crippen molar-refractivity contribution in [3.8, 4) is 44.5 Å². The first kappa shape index (κ1) is 38.7. The molecule has 0 saturated heterocycles. The van der Waals surface area contributed by atoms with Crippen LogP contribution >= 0.6 is 0 Å². The molecule has 0 saturated carbocycles. The van der Waals surface area contributed by atoms with Crippen LogP contribution in [0.25, 0.3) is 55.7 Å². The second-order valence-corrected chi connectivity index (χ2v) is 20.0. The van der Waals surface area contributed by atoms with Crippen LogP contribution in [-0.4, -0.2) is 0 Å². The molecule has 12 rings (SSSR count). The lowest BCUT2D eigenvalue weighted by atomic mass is 9.78. The van der Waals surface area contributed by atoms with Crippen molar-refractivity contribution in [2.24, 2.45) is 0 Å². The van der Waals surface area contributed by atoms with Crippen molar-refractivity contribution in [1.82, 2.24) is 0 Å². The molecule has 8 aromatic carbocycles. The highest BCUT2D eigenvalue weighted by molar-refractivity contribution is 6.05. The van der Waals surface area contributed by atoms with E-state index in [1.54, 1.807) is 0 Å². The summed E-state index contributed by atoms with van der Waals surface area (Å²) in [7, 11) is 0. The lowest BCUT2D eigenvalue weighted by Gasteiger charge is -2.28. The largest absolute Gasteiger partial charge is 0.310 e. The summed E-state index contributed by atoms with van der Waals surface area (Å²) in [5.41, 5.74) is 27.7. The van der Waals surface area contributed by atoms with E-state index in [9.17, 15) is 0 Å². The van der Waals surface area contributed by atoms with Crippen LogP contribution in [0.4, 0.5) is 17.1 Å². The molecule has 0 radical (unpaired) electrons. The van der Waals surface area contributed by atoms with E-state index in [0.29, 0.717) is 0 Å². The van der Waals surface area contributed by atoms with Gasteiger partial charge < -0.3 is 4.90 Å². The summed E-state index contributed by atoms with van der Waals surface area (Å²) in [6.45, 7) is 14.2. The Labute approximate surface area is 379 Å². The van der Waals surface area contributed by atoms with Gasteiger partial charge in [0.25, 0.3) is 0 Å². The summed E-state index contributed by atoms with van der Waals surface area (Å²) in [6.07, 6.45) is 4.58. The molecule has 4 aliphatic carbocycles. The highest BCUT2D eigenvalue weighted by atomic mass is 15.1. The zero-order chi connectivity index (χ0) is 43.5. The highest BCUT2D eigenvalue weighted by Gasteiger charge is 2.41. The van der Waals surface area contributed by atoms with Gasteiger partial charge in [-0.2, -0.15) is 0 Å². The van der Waals surface area contributed by atoms with Crippen LogP contribution in [0.3, 0.4) is 0 Å². The van der Waals surface area contributed by atoms with Gasteiger partial charge in [0.2, 0.25) is 0 Å². The predicted octanol–water partition coefficient (Wildman–Crippen LogP) is 17.0. The molecule has 0 fully saturated rings. The summed E-state index contributed by atoms with van der Waals surface area (Å²) < 4.78 is 0. The van der Waals surface area contributed by atoms with Gasteiger partial charge in [-0.25, -0.2) is 0 Å². The minimum Gasteiger partial charge on any atom is -0.310 e. The van der Waals surface area contributed by atoms with E-state index < -0.39 is 0 Å². The number of anilines is 3. The van der Waals surface area contributed by atoms with Gasteiger partial charge in [0.05, 0.1) is 0 Å². The first-order valence-electron chi connectivity index (χ1n) is 23.1. The average Bonchev–Trinajstić information content (AvgIpc) is 3.82. The van der Waals surface area contributed by atoms with Gasteiger partial charge in [0.1, 0.15) is 0 Å². The SMILES string of the molecule is CC1(C)C2=CCCC(c3cccc(N(c4ccc(-c5ccc6c(c5)C(C)(C)c5ccccc5-6)cc4)c4cccc(-c5cccc6c5-c5ccccc5C6(C)C)c4)c3)=C2c2ccccc21. The minimum atomic E-state index is -0.0643. The fourth-order valence-electron chi connectivity index (χ4n) is 12.1. The average molecular weight is 824 g/mol. The lowest BCUT2D eigenvalue weighted by Crippen LogP contribution is -2.16. The van der Waals surface area contributed by atoms with E-state index in [1.807, 2.05) is 0 Å². The number of hydrogen-bond donors (Lipinski definition) is 0. The van der Waals surface area contributed by atoms with Gasteiger partial charge in [-0.05, 0) is 155 Å². The Bertz CT molecular complexity index is 3290. The number of allylic oxidation sites excluding steroid dienone is 4. The summed E-state index contributed by atoms with van der Waals surface area (Å²) in [4.78, 5) is 2.47. The predicted molar refractivity (Wildman–Crippen MR) is 271 cm³/mol. The van der Waals surface area contributed by atoms with Gasteiger partial charge in [-0.1, -0.05) is 187 Å². The molecule has 0 bridgehead atoms. The van der Waals surface area contributed by atoms with Crippen LogP contribution < -0.4 is 4.90 Å². The molecule has 310 valence electrons. The van der Waals surface area contributed by atoms with E-state index in [4.69, 9.17) is 0 Å². The van der Waals surface area contributed by atoms with Crippen molar-refractivity contribution in [3.05, 3.63) is 233 Å². The smallest absolute Gasteiger partial charge is 0.0467 e. The lowest BCUT2D eigenvalue weighted by molar-refractivity contribution is 0.655. The monoisotopic (exact) mass is 823 g/mol. The normalized spacial score (nSPS) is 16.6. The van der Waals surface area contributed by atoms with Crippen LogP contribution in [0, 0.1) is 0 Å². The molecule has 64 heavy (non-hydrogen) atoms. The Morgan fingerprint density at radius 1 is 0.359 bits per heavy atom. The third-order valence-electron chi connectivity index (χ3n) is 15.4.